The van der Waals surface area contributed by atoms with E-state index < -0.39 is 22.3 Å². The van der Waals surface area contributed by atoms with Gasteiger partial charge in [0.05, 0.1) is 44.4 Å². The number of amides is 2. The Morgan fingerprint density at radius 2 is 1.75 bits per heavy atom. The second-order valence-electron chi connectivity index (χ2n) is 7.76. The quantitative estimate of drug-likeness (QED) is 0.606. The van der Waals surface area contributed by atoms with E-state index in [0.29, 0.717) is 22.7 Å². The molecule has 0 unspecified atom stereocenters. The lowest BCUT2D eigenvalue weighted by molar-refractivity contribution is -0.122. The maximum Gasteiger partial charge on any atom is 0.264 e. The highest BCUT2D eigenvalue weighted by Crippen LogP contribution is 2.35. The van der Waals surface area contributed by atoms with Crippen LogP contribution in [0.5, 0.6) is 11.5 Å². The van der Waals surface area contributed by atoms with Gasteiger partial charge in [-0.2, -0.15) is 8.42 Å². The first kappa shape index (κ1) is 22.1. The molecule has 1 saturated heterocycles. The van der Waals surface area contributed by atoms with E-state index >= 15 is 0 Å². The molecule has 2 aliphatic rings. The molecule has 2 aliphatic heterocycles. The Labute approximate surface area is 186 Å². The SMILES string of the molecule is COc1ccc(CN2C(=O)[C@@H]3C[C@@H](OS(C)(=O)=O)CN3C(=O)c3ccccc32)cc1OC. The average molecular weight is 461 g/mol. The van der Waals surface area contributed by atoms with Crippen molar-refractivity contribution in [2.24, 2.45) is 0 Å². The maximum absolute atomic E-state index is 13.6. The first-order valence-corrected chi connectivity index (χ1v) is 11.8. The summed E-state index contributed by atoms with van der Waals surface area (Å²) in [5, 5.41) is 0. The second kappa shape index (κ2) is 8.44. The highest BCUT2D eigenvalue weighted by atomic mass is 32.2. The van der Waals surface area contributed by atoms with Crippen LogP contribution in [-0.2, 0) is 25.6 Å². The number of methoxy groups -OCH3 is 2. The first-order chi connectivity index (χ1) is 15.2. The molecule has 0 saturated carbocycles. The van der Waals surface area contributed by atoms with Crippen LogP contribution in [0.1, 0.15) is 22.3 Å². The normalized spacial score (nSPS) is 20.6. The first-order valence-electron chi connectivity index (χ1n) is 10.0. The van der Waals surface area contributed by atoms with E-state index in [-0.39, 0.29) is 31.3 Å². The summed E-state index contributed by atoms with van der Waals surface area (Å²) in [5.74, 6) is 0.476. The van der Waals surface area contributed by atoms with Gasteiger partial charge in [-0.1, -0.05) is 18.2 Å². The topological polar surface area (TPSA) is 102 Å². The van der Waals surface area contributed by atoms with Gasteiger partial charge < -0.3 is 19.3 Å². The third kappa shape index (κ3) is 4.15. The Bertz CT molecular complexity index is 1160. The zero-order valence-electron chi connectivity index (χ0n) is 18.0. The molecule has 0 N–H and O–H groups in total. The van der Waals surface area contributed by atoms with Crippen LogP contribution in [0.3, 0.4) is 0 Å². The van der Waals surface area contributed by atoms with Gasteiger partial charge in [-0.25, -0.2) is 0 Å². The molecule has 1 fully saturated rings. The third-order valence-electron chi connectivity index (χ3n) is 5.60. The van der Waals surface area contributed by atoms with Gasteiger partial charge >= 0.3 is 0 Å². The summed E-state index contributed by atoms with van der Waals surface area (Å²) in [5.41, 5.74) is 1.67. The molecule has 10 heteroatoms. The number of fused-ring (bicyclic) bond motifs is 2. The molecule has 0 aliphatic carbocycles. The number of hydrogen-bond acceptors (Lipinski definition) is 7. The molecule has 2 heterocycles. The number of hydrogen-bond donors (Lipinski definition) is 0. The number of nitrogens with zero attached hydrogens (tertiary/aromatic N) is 2. The molecular weight excluding hydrogens is 436 g/mol. The van der Waals surface area contributed by atoms with Gasteiger partial charge in [-0.3, -0.25) is 13.8 Å². The maximum atomic E-state index is 13.6. The molecule has 32 heavy (non-hydrogen) atoms. The molecule has 2 aromatic carbocycles. The Balaban J connectivity index is 1.72. The number of para-hydroxylation sites is 1. The fraction of sp³-hybridized carbons (Fsp3) is 0.364. The Morgan fingerprint density at radius 1 is 1.03 bits per heavy atom. The third-order valence-corrected chi connectivity index (χ3v) is 6.22. The highest BCUT2D eigenvalue weighted by Gasteiger charge is 2.46. The average Bonchev–Trinajstić information content (AvgIpc) is 3.15. The highest BCUT2D eigenvalue weighted by molar-refractivity contribution is 7.86. The number of rotatable bonds is 6. The van der Waals surface area contributed by atoms with Crippen LogP contribution in [-0.4, -0.2) is 64.3 Å². The molecule has 170 valence electrons. The standard InChI is InChI=1S/C22H24N2O7S/c1-29-19-9-8-14(10-20(19)30-2)12-23-17-7-5-4-6-16(17)21(25)24-13-15(31-32(3,27)28)11-18(24)22(23)26/h4-10,15,18H,11-13H2,1-3H3/t15-,18+/m1/s1. The summed E-state index contributed by atoms with van der Waals surface area (Å²) in [6.07, 6.45) is 0.295. The van der Waals surface area contributed by atoms with Crippen LogP contribution in [0.2, 0.25) is 0 Å². The molecule has 4 rings (SSSR count). The van der Waals surface area contributed by atoms with Gasteiger partial charge in [0.15, 0.2) is 11.5 Å². The smallest absolute Gasteiger partial charge is 0.264 e. The van der Waals surface area contributed by atoms with E-state index in [1.165, 1.54) is 12.0 Å². The second-order valence-corrected chi connectivity index (χ2v) is 9.36. The van der Waals surface area contributed by atoms with E-state index in [1.54, 1.807) is 48.4 Å². The minimum Gasteiger partial charge on any atom is -0.493 e. The van der Waals surface area contributed by atoms with Gasteiger partial charge in [0.1, 0.15) is 6.04 Å². The molecule has 0 spiro atoms. The molecule has 0 aromatic heterocycles. The van der Waals surface area contributed by atoms with E-state index in [4.69, 9.17) is 13.7 Å². The Kier molecular flexibility index (Phi) is 5.83. The van der Waals surface area contributed by atoms with Crippen LogP contribution in [0.25, 0.3) is 0 Å². The number of carbonyl (C=O) groups is 2. The van der Waals surface area contributed by atoms with Crippen molar-refractivity contribution in [2.45, 2.75) is 25.1 Å². The van der Waals surface area contributed by atoms with Crippen LogP contribution < -0.4 is 14.4 Å². The summed E-state index contributed by atoms with van der Waals surface area (Å²) in [4.78, 5) is 29.8. The zero-order chi connectivity index (χ0) is 23.0. The van der Waals surface area contributed by atoms with E-state index in [2.05, 4.69) is 0 Å². The van der Waals surface area contributed by atoms with Crippen molar-refractivity contribution in [2.75, 3.05) is 31.9 Å². The van der Waals surface area contributed by atoms with Crippen molar-refractivity contribution in [3.8, 4) is 11.5 Å². The van der Waals surface area contributed by atoms with Crippen molar-refractivity contribution in [1.29, 1.82) is 0 Å². The summed E-state index contributed by atoms with van der Waals surface area (Å²) >= 11 is 0. The predicted octanol–water partition coefficient (Wildman–Crippen LogP) is 1.81. The lowest BCUT2D eigenvalue weighted by Crippen LogP contribution is -2.44. The van der Waals surface area contributed by atoms with Crippen LogP contribution in [0.4, 0.5) is 5.69 Å². The lowest BCUT2D eigenvalue weighted by Gasteiger charge is -2.26. The van der Waals surface area contributed by atoms with Gasteiger partial charge in [-0.15, -0.1) is 0 Å². The van der Waals surface area contributed by atoms with Crippen LogP contribution in [0, 0.1) is 0 Å². The van der Waals surface area contributed by atoms with Crippen molar-refractivity contribution in [1.82, 2.24) is 4.90 Å². The van der Waals surface area contributed by atoms with Gasteiger partial charge in [0.25, 0.3) is 16.0 Å². The van der Waals surface area contributed by atoms with Crippen molar-refractivity contribution in [3.05, 3.63) is 53.6 Å². The lowest BCUT2D eigenvalue weighted by atomic mass is 10.1. The van der Waals surface area contributed by atoms with Crippen molar-refractivity contribution in [3.63, 3.8) is 0 Å². The van der Waals surface area contributed by atoms with Gasteiger partial charge in [-0.05, 0) is 29.8 Å². The largest absolute Gasteiger partial charge is 0.493 e. The van der Waals surface area contributed by atoms with E-state index in [0.717, 1.165) is 11.8 Å². The molecule has 2 aromatic rings. The molecule has 2 amide bonds. The summed E-state index contributed by atoms with van der Waals surface area (Å²) in [7, 11) is -0.644. The number of carbonyl (C=O) groups excluding carboxylic acids is 2. The monoisotopic (exact) mass is 460 g/mol. The van der Waals surface area contributed by atoms with Crippen LogP contribution >= 0.6 is 0 Å². The van der Waals surface area contributed by atoms with Crippen molar-refractivity contribution >= 4 is 27.6 Å². The molecule has 9 nitrogen and oxygen atoms in total. The van der Waals surface area contributed by atoms with E-state index in [1.807, 2.05) is 6.07 Å². The predicted molar refractivity (Wildman–Crippen MR) is 116 cm³/mol. The fourth-order valence-corrected chi connectivity index (χ4v) is 4.87. The Hall–Kier alpha value is -3.11. The van der Waals surface area contributed by atoms with Crippen LogP contribution in [0.15, 0.2) is 42.5 Å². The molecule has 0 radical (unpaired) electrons. The van der Waals surface area contributed by atoms with Gasteiger partial charge in [0.2, 0.25) is 5.91 Å². The number of ether oxygens (including phenoxy) is 2. The van der Waals surface area contributed by atoms with Crippen molar-refractivity contribution < 1.29 is 31.7 Å². The summed E-state index contributed by atoms with van der Waals surface area (Å²) < 4.78 is 38.9. The molecule has 2 atom stereocenters. The number of anilines is 1. The zero-order valence-corrected chi connectivity index (χ0v) is 18.8. The molecular formula is C22H24N2O7S. The summed E-state index contributed by atoms with van der Waals surface area (Å²) in [6, 6.07) is 11.4. The minimum absolute atomic E-state index is 0.0286. The van der Waals surface area contributed by atoms with E-state index in [9.17, 15) is 18.0 Å². The Morgan fingerprint density at radius 3 is 2.44 bits per heavy atom. The van der Waals surface area contributed by atoms with Gasteiger partial charge in [0, 0.05) is 13.0 Å². The minimum atomic E-state index is -3.72. The summed E-state index contributed by atoms with van der Waals surface area (Å²) in [6.45, 7) is 0.228. The fourth-order valence-electron chi connectivity index (χ4n) is 4.24. The molecule has 0 bridgehead atoms. The number of benzene rings is 2.